The third-order valence-corrected chi connectivity index (χ3v) is 3.17. The van der Waals surface area contributed by atoms with Crippen LogP contribution < -0.4 is 5.32 Å². The maximum Gasteiger partial charge on any atom is 0.121 e. The number of aromatic hydroxyl groups is 1. The van der Waals surface area contributed by atoms with Gasteiger partial charge in [0.15, 0.2) is 0 Å². The number of benzene rings is 1. The standard InChI is InChI=1S/C14H13NO2/c16-8-11-10-7-9-3-1-2-4-12(9)15-13(10)5-6-14(11)17/h1-7,12,15-17H,8H2. The Morgan fingerprint density at radius 3 is 2.94 bits per heavy atom. The van der Waals surface area contributed by atoms with E-state index in [-0.39, 0.29) is 18.4 Å². The zero-order valence-electron chi connectivity index (χ0n) is 9.22. The minimum absolute atomic E-state index is 0.138. The van der Waals surface area contributed by atoms with E-state index < -0.39 is 0 Å². The Labute approximate surface area is 99.4 Å². The normalized spacial score (nSPS) is 20.3. The largest absolute Gasteiger partial charge is 0.508 e. The summed E-state index contributed by atoms with van der Waals surface area (Å²) in [6.45, 7) is -0.162. The Hall–Kier alpha value is -2.00. The first-order valence-corrected chi connectivity index (χ1v) is 5.58. The van der Waals surface area contributed by atoms with E-state index in [2.05, 4.69) is 11.4 Å². The summed E-state index contributed by atoms with van der Waals surface area (Å²) in [6.07, 6.45) is 10.1. The van der Waals surface area contributed by atoms with E-state index in [9.17, 15) is 10.2 Å². The van der Waals surface area contributed by atoms with Gasteiger partial charge in [0.05, 0.1) is 12.6 Å². The first-order valence-electron chi connectivity index (χ1n) is 5.58. The van der Waals surface area contributed by atoms with Gasteiger partial charge < -0.3 is 15.5 Å². The van der Waals surface area contributed by atoms with Crippen molar-refractivity contribution in [1.82, 2.24) is 0 Å². The van der Waals surface area contributed by atoms with Crippen LogP contribution in [0, 0.1) is 0 Å². The molecule has 86 valence electrons. The van der Waals surface area contributed by atoms with Gasteiger partial charge in [0.2, 0.25) is 0 Å². The zero-order chi connectivity index (χ0) is 11.8. The van der Waals surface area contributed by atoms with Crippen LogP contribution in [0.5, 0.6) is 5.75 Å². The molecule has 0 spiro atoms. The highest BCUT2D eigenvalue weighted by Gasteiger charge is 2.21. The van der Waals surface area contributed by atoms with Gasteiger partial charge in [-0.25, -0.2) is 0 Å². The summed E-state index contributed by atoms with van der Waals surface area (Å²) in [6, 6.07) is 3.63. The van der Waals surface area contributed by atoms with E-state index >= 15 is 0 Å². The average Bonchev–Trinajstić information content (AvgIpc) is 2.36. The van der Waals surface area contributed by atoms with E-state index in [1.165, 1.54) is 0 Å². The number of anilines is 1. The quantitative estimate of drug-likeness (QED) is 0.644. The van der Waals surface area contributed by atoms with Crippen molar-refractivity contribution in [3.05, 3.63) is 53.1 Å². The van der Waals surface area contributed by atoms with Gasteiger partial charge in [-0.05, 0) is 23.8 Å². The second-order valence-corrected chi connectivity index (χ2v) is 4.19. The Morgan fingerprint density at radius 2 is 2.12 bits per heavy atom. The fraction of sp³-hybridized carbons (Fsp3) is 0.143. The van der Waals surface area contributed by atoms with Gasteiger partial charge >= 0.3 is 0 Å². The molecule has 0 saturated heterocycles. The summed E-state index contributed by atoms with van der Waals surface area (Å²) in [5, 5.41) is 22.4. The van der Waals surface area contributed by atoms with Gasteiger partial charge in [-0.2, -0.15) is 0 Å². The molecular formula is C14H13NO2. The van der Waals surface area contributed by atoms with Crippen molar-refractivity contribution in [3.63, 3.8) is 0 Å². The molecule has 1 aromatic rings. The first kappa shape index (κ1) is 10.2. The zero-order valence-corrected chi connectivity index (χ0v) is 9.22. The third kappa shape index (κ3) is 1.56. The topological polar surface area (TPSA) is 52.5 Å². The molecule has 0 radical (unpaired) electrons. The van der Waals surface area contributed by atoms with Gasteiger partial charge in [0, 0.05) is 16.8 Å². The molecule has 17 heavy (non-hydrogen) atoms. The number of rotatable bonds is 1. The predicted molar refractivity (Wildman–Crippen MR) is 67.7 cm³/mol. The number of nitrogens with one attached hydrogen (secondary N) is 1. The maximum atomic E-state index is 9.71. The molecule has 0 amide bonds. The maximum absolute atomic E-state index is 9.71. The van der Waals surface area contributed by atoms with Crippen LogP contribution in [0.25, 0.3) is 6.08 Å². The molecule has 3 nitrogen and oxygen atoms in total. The molecule has 1 aliphatic carbocycles. The average molecular weight is 227 g/mol. The molecule has 3 rings (SSSR count). The van der Waals surface area contributed by atoms with E-state index in [0.717, 1.165) is 16.8 Å². The van der Waals surface area contributed by atoms with Crippen LogP contribution in [0.15, 0.2) is 42.0 Å². The van der Waals surface area contributed by atoms with Crippen LogP contribution in [0.2, 0.25) is 0 Å². The number of hydrogen-bond acceptors (Lipinski definition) is 3. The summed E-state index contributed by atoms with van der Waals surface area (Å²) < 4.78 is 0. The molecule has 2 aliphatic rings. The first-order chi connectivity index (χ1) is 8.29. The number of aliphatic hydroxyl groups excluding tert-OH is 1. The monoisotopic (exact) mass is 227 g/mol. The van der Waals surface area contributed by atoms with Crippen LogP contribution >= 0.6 is 0 Å². The number of aliphatic hydroxyl groups is 1. The SMILES string of the molecule is OCc1c(O)ccc2c1C=C1C=CC=CC1N2. The van der Waals surface area contributed by atoms with Crippen LogP contribution in [0.3, 0.4) is 0 Å². The number of hydrogen-bond donors (Lipinski definition) is 3. The van der Waals surface area contributed by atoms with E-state index in [0.29, 0.717) is 5.56 Å². The van der Waals surface area contributed by atoms with Gasteiger partial charge in [0.25, 0.3) is 0 Å². The van der Waals surface area contributed by atoms with Crippen molar-refractivity contribution < 1.29 is 10.2 Å². The van der Waals surface area contributed by atoms with Crippen LogP contribution in [0.4, 0.5) is 5.69 Å². The Morgan fingerprint density at radius 1 is 1.24 bits per heavy atom. The minimum atomic E-state index is -0.162. The number of allylic oxidation sites excluding steroid dienone is 2. The van der Waals surface area contributed by atoms with Gasteiger partial charge in [-0.1, -0.05) is 24.3 Å². The Bertz CT molecular complexity index is 556. The van der Waals surface area contributed by atoms with Crippen LogP contribution in [0.1, 0.15) is 11.1 Å². The molecule has 0 aromatic heterocycles. The lowest BCUT2D eigenvalue weighted by Gasteiger charge is -2.27. The van der Waals surface area contributed by atoms with Crippen LogP contribution in [-0.4, -0.2) is 16.3 Å². The molecule has 0 saturated carbocycles. The summed E-state index contributed by atoms with van der Waals surface area (Å²) in [5.41, 5.74) is 3.53. The van der Waals surface area contributed by atoms with E-state index in [1.807, 2.05) is 30.4 Å². The molecular weight excluding hydrogens is 214 g/mol. The highest BCUT2D eigenvalue weighted by Crippen LogP contribution is 2.35. The molecule has 3 N–H and O–H groups in total. The summed E-state index contributed by atoms with van der Waals surface area (Å²) in [4.78, 5) is 0. The van der Waals surface area contributed by atoms with Gasteiger partial charge in [-0.3, -0.25) is 0 Å². The Kier molecular flexibility index (Phi) is 2.27. The lowest BCUT2D eigenvalue weighted by atomic mass is 9.92. The molecule has 1 atom stereocenters. The van der Waals surface area contributed by atoms with Crippen LogP contribution in [-0.2, 0) is 6.61 Å². The second-order valence-electron chi connectivity index (χ2n) is 4.19. The molecule has 1 aliphatic heterocycles. The third-order valence-electron chi connectivity index (χ3n) is 3.17. The van der Waals surface area contributed by atoms with Crippen molar-refractivity contribution in [2.24, 2.45) is 0 Å². The fourth-order valence-corrected chi connectivity index (χ4v) is 2.27. The second kappa shape index (κ2) is 3.79. The Balaban J connectivity index is 2.17. The lowest BCUT2D eigenvalue weighted by Crippen LogP contribution is -2.23. The predicted octanol–water partition coefficient (Wildman–Crippen LogP) is 2.19. The number of phenols is 1. The van der Waals surface area contributed by atoms with Crippen molar-refractivity contribution in [2.75, 3.05) is 5.32 Å². The molecule has 0 bridgehead atoms. The smallest absolute Gasteiger partial charge is 0.121 e. The molecule has 1 aromatic carbocycles. The van der Waals surface area contributed by atoms with Crippen molar-refractivity contribution in [3.8, 4) is 5.75 Å². The van der Waals surface area contributed by atoms with Gasteiger partial charge in [-0.15, -0.1) is 0 Å². The summed E-state index contributed by atoms with van der Waals surface area (Å²) in [5.74, 6) is 0.138. The molecule has 1 unspecified atom stereocenters. The molecule has 1 heterocycles. The molecule has 0 fully saturated rings. The summed E-state index contributed by atoms with van der Waals surface area (Å²) >= 11 is 0. The van der Waals surface area contributed by atoms with E-state index in [4.69, 9.17) is 0 Å². The van der Waals surface area contributed by atoms with Crippen molar-refractivity contribution in [1.29, 1.82) is 0 Å². The minimum Gasteiger partial charge on any atom is -0.508 e. The molecule has 3 heteroatoms. The van der Waals surface area contributed by atoms with Gasteiger partial charge in [0.1, 0.15) is 5.75 Å². The van der Waals surface area contributed by atoms with Crippen molar-refractivity contribution >= 4 is 11.8 Å². The van der Waals surface area contributed by atoms with E-state index in [1.54, 1.807) is 6.07 Å². The highest BCUT2D eigenvalue weighted by molar-refractivity contribution is 5.79. The highest BCUT2D eigenvalue weighted by atomic mass is 16.3. The fourth-order valence-electron chi connectivity index (χ4n) is 2.27. The number of fused-ring (bicyclic) bond motifs is 2. The van der Waals surface area contributed by atoms with Crippen molar-refractivity contribution in [2.45, 2.75) is 12.6 Å². The summed E-state index contributed by atoms with van der Waals surface area (Å²) in [7, 11) is 0. The lowest BCUT2D eigenvalue weighted by molar-refractivity contribution is 0.275.